The van der Waals surface area contributed by atoms with Crippen molar-refractivity contribution < 1.29 is 14.3 Å². The summed E-state index contributed by atoms with van der Waals surface area (Å²) in [5.74, 6) is 1.60. The average Bonchev–Trinajstić information content (AvgIpc) is 3.08. The molecule has 2 heterocycles. The topological polar surface area (TPSA) is 63.7 Å². The average molecular weight is 482 g/mol. The van der Waals surface area contributed by atoms with Gasteiger partial charge in [0.15, 0.2) is 0 Å². The smallest absolute Gasteiger partial charge is 0.279 e. The van der Waals surface area contributed by atoms with Crippen molar-refractivity contribution >= 4 is 17.6 Å². The van der Waals surface area contributed by atoms with Crippen molar-refractivity contribution in [3.63, 3.8) is 0 Å². The number of hydrogen-bond donors (Lipinski definition) is 1. The molecular weight excluding hydrogens is 446 g/mol. The highest BCUT2D eigenvalue weighted by atomic mass is 32.1. The summed E-state index contributed by atoms with van der Waals surface area (Å²) < 4.78 is 12.0. The minimum Gasteiger partial charge on any atom is -0.492 e. The molecule has 1 N–H and O–H groups in total. The van der Waals surface area contributed by atoms with Crippen molar-refractivity contribution in [1.29, 1.82) is 0 Å². The molecule has 2 aromatic rings. The summed E-state index contributed by atoms with van der Waals surface area (Å²) in [6, 6.07) is 7.75. The first kappa shape index (κ1) is 24.6. The molecule has 4 rings (SSSR count). The number of nitrogens with one attached hydrogen (secondary N) is 1. The molecule has 34 heavy (non-hydrogen) atoms. The van der Waals surface area contributed by atoms with Crippen LogP contribution in [0.3, 0.4) is 0 Å². The van der Waals surface area contributed by atoms with Gasteiger partial charge in [0.25, 0.3) is 5.19 Å². The normalized spacial score (nSPS) is 21.7. The summed E-state index contributed by atoms with van der Waals surface area (Å²) in [5.41, 5.74) is 0.929. The van der Waals surface area contributed by atoms with Gasteiger partial charge in [-0.05, 0) is 76.6 Å². The van der Waals surface area contributed by atoms with E-state index in [1.807, 2.05) is 31.3 Å². The summed E-state index contributed by atoms with van der Waals surface area (Å²) in [4.78, 5) is 20.1. The van der Waals surface area contributed by atoms with Crippen molar-refractivity contribution in [1.82, 2.24) is 15.2 Å². The molecule has 1 aliphatic heterocycles. The number of fused-ring (bicyclic) bond motifs is 1. The Morgan fingerprint density at radius 3 is 2.71 bits per heavy atom. The van der Waals surface area contributed by atoms with Gasteiger partial charge in [-0.1, -0.05) is 35.6 Å². The molecule has 0 radical (unpaired) electrons. The van der Waals surface area contributed by atoms with Crippen LogP contribution < -0.4 is 14.8 Å². The molecule has 1 saturated heterocycles. The first-order valence-corrected chi connectivity index (χ1v) is 13.1. The van der Waals surface area contributed by atoms with E-state index in [0.29, 0.717) is 11.8 Å². The Labute approximate surface area is 206 Å². The number of rotatable bonds is 10. The number of aromatic nitrogens is 1. The minimum absolute atomic E-state index is 0.170. The molecule has 2 aliphatic rings. The molecular formula is C27H35N3O3S. The van der Waals surface area contributed by atoms with Gasteiger partial charge in [-0.3, -0.25) is 4.90 Å². The fourth-order valence-corrected chi connectivity index (χ4v) is 5.46. The number of ether oxygens (including phenoxy) is 2. The molecule has 1 fully saturated rings. The van der Waals surface area contributed by atoms with Crippen LogP contribution in [0, 0.1) is 5.41 Å². The largest absolute Gasteiger partial charge is 0.492 e. The van der Waals surface area contributed by atoms with Crippen molar-refractivity contribution in [2.45, 2.75) is 38.5 Å². The lowest BCUT2D eigenvalue weighted by molar-refractivity contribution is -0.117. The second-order valence-electron chi connectivity index (χ2n) is 9.07. The SMILES string of the molecule is CNCCC1(C=O)CCCN(CCOc2ccc(Oc3nc4c(s3)CC=C/C=C\C4)cc2)CC1. The zero-order valence-electron chi connectivity index (χ0n) is 20.0. The van der Waals surface area contributed by atoms with Gasteiger partial charge in [-0.2, -0.15) is 0 Å². The number of benzene rings is 1. The number of thiazole rings is 1. The third-order valence-electron chi connectivity index (χ3n) is 6.66. The summed E-state index contributed by atoms with van der Waals surface area (Å²) in [6.45, 7) is 4.36. The predicted octanol–water partition coefficient (Wildman–Crippen LogP) is 4.81. The van der Waals surface area contributed by atoms with Crippen LogP contribution in [0.4, 0.5) is 0 Å². The van der Waals surface area contributed by atoms with Crippen molar-refractivity contribution in [3.05, 3.63) is 59.1 Å². The highest BCUT2D eigenvalue weighted by Gasteiger charge is 2.31. The highest BCUT2D eigenvalue weighted by molar-refractivity contribution is 7.13. The van der Waals surface area contributed by atoms with E-state index in [-0.39, 0.29) is 5.41 Å². The zero-order chi connectivity index (χ0) is 23.6. The van der Waals surface area contributed by atoms with Gasteiger partial charge in [0.2, 0.25) is 0 Å². The molecule has 0 amide bonds. The summed E-state index contributed by atoms with van der Waals surface area (Å²) in [7, 11) is 1.95. The Balaban J connectivity index is 1.23. The second-order valence-corrected chi connectivity index (χ2v) is 10.1. The lowest BCUT2D eigenvalue weighted by Gasteiger charge is -2.26. The second kappa shape index (κ2) is 12.3. The molecule has 1 aromatic heterocycles. The Morgan fingerprint density at radius 1 is 1.12 bits per heavy atom. The van der Waals surface area contributed by atoms with Crippen LogP contribution in [0.5, 0.6) is 16.7 Å². The van der Waals surface area contributed by atoms with Crippen LogP contribution in [0.2, 0.25) is 0 Å². The maximum atomic E-state index is 11.8. The third kappa shape index (κ3) is 6.78. The van der Waals surface area contributed by atoms with E-state index in [2.05, 4.69) is 39.5 Å². The number of nitrogens with zero attached hydrogens (tertiary/aromatic N) is 2. The Hall–Kier alpha value is -2.48. The summed E-state index contributed by atoms with van der Waals surface area (Å²) >= 11 is 1.61. The molecule has 1 aromatic carbocycles. The first-order chi connectivity index (χ1) is 16.7. The van der Waals surface area contributed by atoms with Crippen molar-refractivity contribution in [2.24, 2.45) is 5.41 Å². The number of aldehydes is 1. The number of hydrogen-bond acceptors (Lipinski definition) is 7. The maximum Gasteiger partial charge on any atom is 0.279 e. The van der Waals surface area contributed by atoms with Crippen LogP contribution in [-0.4, -0.2) is 56.0 Å². The molecule has 182 valence electrons. The van der Waals surface area contributed by atoms with E-state index in [1.54, 1.807) is 11.3 Å². The predicted molar refractivity (Wildman–Crippen MR) is 137 cm³/mol. The van der Waals surface area contributed by atoms with E-state index in [1.165, 1.54) is 11.2 Å². The quantitative estimate of drug-likeness (QED) is 0.492. The van der Waals surface area contributed by atoms with Crippen LogP contribution in [0.25, 0.3) is 0 Å². The Bertz CT molecular complexity index is 954. The first-order valence-electron chi connectivity index (χ1n) is 12.2. The van der Waals surface area contributed by atoms with Crippen LogP contribution in [-0.2, 0) is 17.6 Å². The van der Waals surface area contributed by atoms with Gasteiger partial charge in [0.1, 0.15) is 24.4 Å². The summed E-state index contributed by atoms with van der Waals surface area (Å²) in [5, 5.41) is 3.87. The summed E-state index contributed by atoms with van der Waals surface area (Å²) in [6.07, 6.45) is 15.2. The van der Waals surface area contributed by atoms with Crippen molar-refractivity contribution in [3.8, 4) is 16.7 Å². The van der Waals surface area contributed by atoms with Gasteiger partial charge in [0.05, 0.1) is 5.69 Å². The third-order valence-corrected chi connectivity index (χ3v) is 7.66. The highest BCUT2D eigenvalue weighted by Crippen LogP contribution is 2.33. The molecule has 0 bridgehead atoms. The number of allylic oxidation sites excluding steroid dienone is 4. The standard InChI is InChI=1S/C27H35N3O3S/c1-28-16-14-27(21-31)13-6-17-30(18-15-27)19-20-32-22-9-11-23(12-10-22)33-26-29-24-7-4-2-3-5-8-25(24)34-26/h2-5,9-12,21,28H,6-8,13-20H2,1H3/b4-2-,5-3?. The fraction of sp³-hybridized carbons (Fsp3) is 0.481. The van der Waals surface area contributed by atoms with E-state index < -0.39 is 0 Å². The van der Waals surface area contributed by atoms with Crippen LogP contribution in [0.1, 0.15) is 36.3 Å². The van der Waals surface area contributed by atoms with E-state index in [0.717, 1.165) is 81.9 Å². The van der Waals surface area contributed by atoms with Crippen LogP contribution in [0.15, 0.2) is 48.6 Å². The molecule has 6 nitrogen and oxygen atoms in total. The molecule has 1 unspecified atom stereocenters. The molecule has 0 saturated carbocycles. The minimum atomic E-state index is -0.170. The van der Waals surface area contributed by atoms with Crippen LogP contribution >= 0.6 is 11.3 Å². The number of carbonyl (C=O) groups is 1. The fourth-order valence-electron chi connectivity index (χ4n) is 4.53. The van der Waals surface area contributed by atoms with Gasteiger partial charge in [0, 0.05) is 29.7 Å². The Kier molecular flexibility index (Phi) is 8.91. The lowest BCUT2D eigenvalue weighted by atomic mass is 9.79. The molecule has 1 aliphatic carbocycles. The van der Waals surface area contributed by atoms with Gasteiger partial charge in [-0.15, -0.1) is 0 Å². The maximum absolute atomic E-state index is 11.8. The zero-order valence-corrected chi connectivity index (χ0v) is 20.8. The van der Waals surface area contributed by atoms with Crippen molar-refractivity contribution in [2.75, 3.05) is 39.8 Å². The van der Waals surface area contributed by atoms with Gasteiger partial charge < -0.3 is 19.6 Å². The monoisotopic (exact) mass is 481 g/mol. The van der Waals surface area contributed by atoms with E-state index in [4.69, 9.17) is 9.47 Å². The van der Waals surface area contributed by atoms with E-state index >= 15 is 0 Å². The molecule has 7 heteroatoms. The van der Waals surface area contributed by atoms with Gasteiger partial charge in [-0.25, -0.2) is 4.98 Å². The Morgan fingerprint density at radius 2 is 1.91 bits per heavy atom. The van der Waals surface area contributed by atoms with Gasteiger partial charge >= 0.3 is 0 Å². The number of carbonyl (C=O) groups excluding carboxylic acids is 1. The number of likely N-dealkylation sites (tertiary alicyclic amines) is 1. The van der Waals surface area contributed by atoms with E-state index in [9.17, 15) is 4.79 Å². The molecule has 0 spiro atoms. The molecule has 1 atom stereocenters. The lowest BCUT2D eigenvalue weighted by Crippen LogP contribution is -2.32.